The van der Waals surface area contributed by atoms with Crippen LogP contribution in [0, 0.1) is 10.1 Å². The molecule has 16 heavy (non-hydrogen) atoms. The van der Waals surface area contributed by atoms with E-state index in [1.54, 1.807) is 0 Å². The molecule has 0 atom stereocenters. The molecule has 88 valence electrons. The first-order valence-electron chi connectivity index (χ1n) is 3.92. The number of hydrogen-bond acceptors (Lipinski definition) is 3. The van der Waals surface area contributed by atoms with E-state index in [1.165, 1.54) is 6.07 Å². The first kappa shape index (κ1) is 12.8. The van der Waals surface area contributed by atoms with E-state index in [4.69, 9.17) is 0 Å². The van der Waals surface area contributed by atoms with Gasteiger partial charge in [-0.1, -0.05) is 22.0 Å². The van der Waals surface area contributed by atoms with E-state index < -0.39 is 22.7 Å². The van der Waals surface area contributed by atoms with Crippen molar-refractivity contribution in [2.75, 3.05) is 0 Å². The van der Waals surface area contributed by atoms with Crippen molar-refractivity contribution in [1.29, 1.82) is 0 Å². The molecule has 0 aromatic heterocycles. The normalized spacial score (nSPS) is 11.2. The summed E-state index contributed by atoms with van der Waals surface area (Å²) in [7, 11) is 0. The summed E-state index contributed by atoms with van der Waals surface area (Å²) < 4.78 is 39.3. The van der Waals surface area contributed by atoms with Gasteiger partial charge in [-0.25, -0.2) is 0 Å². The van der Waals surface area contributed by atoms with Gasteiger partial charge in [0.1, 0.15) is 0 Å². The van der Waals surface area contributed by atoms with Crippen LogP contribution in [0.3, 0.4) is 0 Å². The second-order valence-electron chi connectivity index (χ2n) is 2.74. The van der Waals surface area contributed by atoms with Crippen molar-refractivity contribution in [2.45, 2.75) is 11.7 Å². The fraction of sp³-hybridized carbons (Fsp3) is 0.250. The van der Waals surface area contributed by atoms with E-state index in [1.807, 2.05) is 0 Å². The number of halogens is 4. The zero-order chi connectivity index (χ0) is 12.3. The molecule has 0 saturated heterocycles. The molecule has 0 saturated carbocycles. The number of alkyl halides is 4. The Morgan fingerprint density at radius 3 is 2.50 bits per heavy atom. The SMILES string of the molecule is O=[N+]([O-])c1cc(CBr)ccc1OC(F)(F)F. The first-order chi connectivity index (χ1) is 7.33. The average molecular weight is 300 g/mol. The Bertz CT molecular complexity index is 408. The number of nitro benzene ring substituents is 1. The topological polar surface area (TPSA) is 52.4 Å². The predicted molar refractivity (Wildman–Crippen MR) is 52.4 cm³/mol. The maximum atomic E-state index is 11.9. The Kier molecular flexibility index (Phi) is 3.74. The molecule has 0 aliphatic rings. The van der Waals surface area contributed by atoms with E-state index in [0.717, 1.165) is 12.1 Å². The van der Waals surface area contributed by atoms with Crippen LogP contribution in [0.1, 0.15) is 5.56 Å². The van der Waals surface area contributed by atoms with E-state index >= 15 is 0 Å². The molecular formula is C8H5BrF3NO3. The molecule has 0 aliphatic heterocycles. The minimum Gasteiger partial charge on any atom is -0.398 e. The van der Waals surface area contributed by atoms with Crippen molar-refractivity contribution in [3.8, 4) is 5.75 Å². The molecule has 0 aliphatic carbocycles. The van der Waals surface area contributed by atoms with E-state index in [0.29, 0.717) is 10.9 Å². The van der Waals surface area contributed by atoms with Gasteiger partial charge in [0.15, 0.2) is 0 Å². The fourth-order valence-corrected chi connectivity index (χ4v) is 1.35. The van der Waals surface area contributed by atoms with Crippen molar-refractivity contribution < 1.29 is 22.8 Å². The molecule has 1 aromatic rings. The van der Waals surface area contributed by atoms with Crippen LogP contribution in [0.4, 0.5) is 18.9 Å². The lowest BCUT2D eigenvalue weighted by Crippen LogP contribution is -2.18. The number of hydrogen-bond donors (Lipinski definition) is 0. The van der Waals surface area contributed by atoms with E-state index in [-0.39, 0.29) is 0 Å². The number of rotatable bonds is 3. The highest BCUT2D eigenvalue weighted by Gasteiger charge is 2.34. The van der Waals surface area contributed by atoms with Crippen LogP contribution in [0.15, 0.2) is 18.2 Å². The summed E-state index contributed by atoms with van der Waals surface area (Å²) in [5, 5.41) is 10.8. The van der Waals surface area contributed by atoms with Gasteiger partial charge in [0.05, 0.1) is 4.92 Å². The standard InChI is InChI=1S/C8H5BrF3NO3/c9-4-5-1-2-7(16-8(10,11)12)6(3-5)13(14)15/h1-3H,4H2. The van der Waals surface area contributed by atoms with Crippen LogP contribution in [-0.2, 0) is 5.33 Å². The third-order valence-corrected chi connectivity index (χ3v) is 2.25. The van der Waals surface area contributed by atoms with Crippen molar-refractivity contribution in [3.05, 3.63) is 33.9 Å². The lowest BCUT2D eigenvalue weighted by atomic mass is 10.2. The molecule has 8 heteroatoms. The third kappa shape index (κ3) is 3.37. The minimum atomic E-state index is -4.94. The van der Waals surface area contributed by atoms with E-state index in [9.17, 15) is 23.3 Å². The van der Waals surface area contributed by atoms with Gasteiger partial charge in [0, 0.05) is 11.4 Å². The number of benzene rings is 1. The highest BCUT2D eigenvalue weighted by atomic mass is 79.9. The van der Waals surface area contributed by atoms with Gasteiger partial charge in [-0.3, -0.25) is 10.1 Å². The highest BCUT2D eigenvalue weighted by molar-refractivity contribution is 9.08. The zero-order valence-corrected chi connectivity index (χ0v) is 9.21. The maximum absolute atomic E-state index is 11.9. The smallest absolute Gasteiger partial charge is 0.398 e. The van der Waals surface area contributed by atoms with Crippen molar-refractivity contribution >= 4 is 21.6 Å². The Balaban J connectivity index is 3.13. The Labute approximate surface area is 96.3 Å². The van der Waals surface area contributed by atoms with Crippen LogP contribution in [-0.4, -0.2) is 11.3 Å². The second-order valence-corrected chi connectivity index (χ2v) is 3.30. The Morgan fingerprint density at radius 2 is 2.06 bits per heavy atom. The van der Waals surface area contributed by atoms with Crippen LogP contribution in [0.25, 0.3) is 0 Å². The molecule has 1 rings (SSSR count). The third-order valence-electron chi connectivity index (χ3n) is 1.60. The monoisotopic (exact) mass is 299 g/mol. The second kappa shape index (κ2) is 4.69. The summed E-state index contributed by atoms with van der Waals surface area (Å²) in [6.07, 6.45) is -4.94. The molecular weight excluding hydrogens is 295 g/mol. The van der Waals surface area contributed by atoms with Crippen LogP contribution < -0.4 is 4.74 Å². The van der Waals surface area contributed by atoms with Crippen molar-refractivity contribution in [3.63, 3.8) is 0 Å². The summed E-state index contributed by atoms with van der Waals surface area (Å²) in [5.74, 6) is -0.817. The van der Waals surface area contributed by atoms with E-state index in [2.05, 4.69) is 20.7 Å². The minimum absolute atomic E-state index is 0.306. The Morgan fingerprint density at radius 1 is 1.44 bits per heavy atom. The van der Waals surface area contributed by atoms with Gasteiger partial charge in [0.2, 0.25) is 5.75 Å². The molecule has 0 amide bonds. The van der Waals surface area contributed by atoms with Gasteiger partial charge >= 0.3 is 12.0 Å². The number of ether oxygens (including phenoxy) is 1. The average Bonchev–Trinajstić information content (AvgIpc) is 2.15. The summed E-state index contributed by atoms with van der Waals surface area (Å²) in [4.78, 5) is 9.60. The Hall–Kier alpha value is -1.31. The highest BCUT2D eigenvalue weighted by Crippen LogP contribution is 2.32. The van der Waals surface area contributed by atoms with Gasteiger partial charge in [-0.15, -0.1) is 13.2 Å². The summed E-state index contributed by atoms with van der Waals surface area (Å²) >= 11 is 3.04. The van der Waals surface area contributed by atoms with Gasteiger partial charge in [0.25, 0.3) is 0 Å². The molecule has 0 spiro atoms. The number of nitrogens with zero attached hydrogens (tertiary/aromatic N) is 1. The fourth-order valence-electron chi connectivity index (χ4n) is 1.000. The lowest BCUT2D eigenvalue weighted by molar-refractivity contribution is -0.388. The summed E-state index contributed by atoms with van der Waals surface area (Å²) in [5.41, 5.74) is -0.226. The van der Waals surface area contributed by atoms with Gasteiger partial charge < -0.3 is 4.74 Å². The van der Waals surface area contributed by atoms with Crippen LogP contribution in [0.5, 0.6) is 5.75 Å². The molecule has 0 bridgehead atoms. The quantitative estimate of drug-likeness (QED) is 0.488. The lowest BCUT2D eigenvalue weighted by Gasteiger charge is -2.09. The van der Waals surface area contributed by atoms with Crippen LogP contribution in [0.2, 0.25) is 0 Å². The maximum Gasteiger partial charge on any atom is 0.573 e. The largest absolute Gasteiger partial charge is 0.573 e. The van der Waals surface area contributed by atoms with Crippen molar-refractivity contribution in [1.82, 2.24) is 0 Å². The van der Waals surface area contributed by atoms with Crippen LogP contribution >= 0.6 is 15.9 Å². The molecule has 0 unspecified atom stereocenters. The molecule has 0 heterocycles. The van der Waals surface area contributed by atoms with Crippen molar-refractivity contribution in [2.24, 2.45) is 0 Å². The molecule has 1 aromatic carbocycles. The zero-order valence-electron chi connectivity index (χ0n) is 7.62. The summed E-state index contributed by atoms with van der Waals surface area (Å²) in [6.45, 7) is 0. The predicted octanol–water partition coefficient (Wildman–Crippen LogP) is 3.39. The molecule has 0 fully saturated rings. The molecule has 0 radical (unpaired) electrons. The van der Waals surface area contributed by atoms with Gasteiger partial charge in [-0.2, -0.15) is 0 Å². The van der Waals surface area contributed by atoms with Gasteiger partial charge in [-0.05, 0) is 11.6 Å². The summed E-state index contributed by atoms with van der Waals surface area (Å²) in [6, 6.07) is 3.25. The molecule has 4 nitrogen and oxygen atoms in total. The molecule has 0 N–H and O–H groups in total. The number of nitro groups is 1. The first-order valence-corrected chi connectivity index (χ1v) is 5.04.